The zero-order valence-electron chi connectivity index (χ0n) is 6.13. The molecule has 0 aliphatic rings. The van der Waals surface area contributed by atoms with Gasteiger partial charge in [-0.15, -0.1) is 11.6 Å². The highest BCUT2D eigenvalue weighted by atomic mass is 35.5. The predicted molar refractivity (Wildman–Crippen MR) is 40.2 cm³/mol. The van der Waals surface area contributed by atoms with Gasteiger partial charge in [-0.25, -0.2) is 0 Å². The average molecular weight is 166 g/mol. The Bertz CT molecular complexity index is 97.7. The van der Waals surface area contributed by atoms with Gasteiger partial charge in [0.1, 0.15) is 6.29 Å². The van der Waals surface area contributed by atoms with Crippen LogP contribution in [-0.2, 0) is 9.53 Å². The number of nitrogens with one attached hydrogen (secondary N) is 1. The van der Waals surface area contributed by atoms with Crippen molar-refractivity contribution in [1.29, 1.82) is 0 Å². The zero-order valence-corrected chi connectivity index (χ0v) is 6.89. The standard InChI is InChI=1S/C6H12ClNO2/c1-5(7)8-6(3-9)4-10-2/h3,5-6,8H,4H2,1-2H3. The van der Waals surface area contributed by atoms with E-state index in [-0.39, 0.29) is 11.5 Å². The monoisotopic (exact) mass is 165 g/mol. The minimum absolute atomic E-state index is 0.203. The van der Waals surface area contributed by atoms with E-state index in [2.05, 4.69) is 5.32 Å². The Balaban J connectivity index is 3.49. The van der Waals surface area contributed by atoms with Crippen LogP contribution in [0.4, 0.5) is 0 Å². The summed E-state index contributed by atoms with van der Waals surface area (Å²) < 4.78 is 4.74. The van der Waals surface area contributed by atoms with Crippen molar-refractivity contribution >= 4 is 17.9 Å². The maximum absolute atomic E-state index is 10.2. The summed E-state index contributed by atoms with van der Waals surface area (Å²) in [5.41, 5.74) is -0.203. The van der Waals surface area contributed by atoms with E-state index in [1.807, 2.05) is 0 Å². The summed E-state index contributed by atoms with van der Waals surface area (Å²) in [6.07, 6.45) is 0.780. The summed E-state index contributed by atoms with van der Waals surface area (Å²) in [5, 5.41) is 2.80. The number of methoxy groups -OCH3 is 1. The maximum Gasteiger partial charge on any atom is 0.139 e. The Labute approximate surface area is 65.7 Å². The van der Waals surface area contributed by atoms with Crippen molar-refractivity contribution in [3.63, 3.8) is 0 Å². The van der Waals surface area contributed by atoms with Gasteiger partial charge in [-0.05, 0) is 6.92 Å². The van der Waals surface area contributed by atoms with E-state index in [9.17, 15) is 4.79 Å². The van der Waals surface area contributed by atoms with E-state index in [0.29, 0.717) is 6.61 Å². The Morgan fingerprint density at radius 1 is 1.80 bits per heavy atom. The van der Waals surface area contributed by atoms with E-state index < -0.39 is 0 Å². The van der Waals surface area contributed by atoms with Crippen LogP contribution in [0.15, 0.2) is 0 Å². The molecule has 0 rings (SSSR count). The fourth-order valence-corrected chi connectivity index (χ4v) is 0.763. The van der Waals surface area contributed by atoms with Gasteiger partial charge in [0.25, 0.3) is 0 Å². The molecule has 1 N–H and O–H groups in total. The lowest BCUT2D eigenvalue weighted by Crippen LogP contribution is -2.38. The van der Waals surface area contributed by atoms with Crippen LogP contribution in [0.3, 0.4) is 0 Å². The van der Waals surface area contributed by atoms with E-state index in [1.54, 1.807) is 6.92 Å². The lowest BCUT2D eigenvalue weighted by Gasteiger charge is -2.12. The Hall–Kier alpha value is -0.120. The van der Waals surface area contributed by atoms with Crippen LogP contribution >= 0.6 is 11.6 Å². The third-order valence-electron chi connectivity index (χ3n) is 0.954. The SMILES string of the molecule is COCC(C=O)NC(C)Cl. The van der Waals surface area contributed by atoms with Crippen molar-refractivity contribution in [2.24, 2.45) is 0 Å². The normalized spacial score (nSPS) is 16.3. The molecule has 0 aliphatic carbocycles. The number of hydrogen-bond acceptors (Lipinski definition) is 3. The smallest absolute Gasteiger partial charge is 0.139 e. The average Bonchev–Trinajstić information content (AvgIpc) is 1.86. The van der Waals surface area contributed by atoms with Crippen LogP contribution in [0.2, 0.25) is 0 Å². The van der Waals surface area contributed by atoms with Crippen LogP contribution in [0.5, 0.6) is 0 Å². The van der Waals surface area contributed by atoms with Crippen LogP contribution in [0.25, 0.3) is 0 Å². The van der Waals surface area contributed by atoms with Gasteiger partial charge in [0.05, 0.1) is 18.1 Å². The molecule has 0 heterocycles. The number of hydrogen-bond donors (Lipinski definition) is 1. The number of rotatable bonds is 5. The summed E-state index contributed by atoms with van der Waals surface area (Å²) in [6, 6.07) is -0.294. The molecule has 0 radical (unpaired) electrons. The van der Waals surface area contributed by atoms with E-state index in [4.69, 9.17) is 16.3 Å². The van der Waals surface area contributed by atoms with Gasteiger partial charge in [0.2, 0.25) is 0 Å². The maximum atomic E-state index is 10.2. The summed E-state index contributed by atoms with van der Waals surface area (Å²) in [6.45, 7) is 2.12. The summed E-state index contributed by atoms with van der Waals surface area (Å²) in [4.78, 5) is 10.2. The minimum Gasteiger partial charge on any atom is -0.383 e. The zero-order chi connectivity index (χ0) is 7.98. The second kappa shape index (κ2) is 5.65. The quantitative estimate of drug-likeness (QED) is 0.364. The number of ether oxygens (including phenoxy) is 1. The molecule has 2 atom stereocenters. The van der Waals surface area contributed by atoms with Gasteiger partial charge in [-0.1, -0.05) is 0 Å². The lowest BCUT2D eigenvalue weighted by molar-refractivity contribution is -0.110. The first-order chi connectivity index (χ1) is 4.70. The number of carbonyl (C=O) groups is 1. The van der Waals surface area contributed by atoms with Gasteiger partial charge in [0.15, 0.2) is 0 Å². The Morgan fingerprint density at radius 3 is 2.70 bits per heavy atom. The first-order valence-electron chi connectivity index (χ1n) is 3.05. The predicted octanol–water partition coefficient (Wildman–Crippen LogP) is 0.375. The van der Waals surface area contributed by atoms with Gasteiger partial charge in [0, 0.05) is 7.11 Å². The van der Waals surface area contributed by atoms with Crippen LogP contribution in [0.1, 0.15) is 6.92 Å². The third-order valence-corrected chi connectivity index (χ3v) is 1.08. The molecule has 10 heavy (non-hydrogen) atoms. The number of alkyl halides is 1. The highest BCUT2D eigenvalue weighted by Gasteiger charge is 2.07. The summed E-state index contributed by atoms with van der Waals surface area (Å²) in [7, 11) is 1.54. The molecule has 0 aromatic carbocycles. The van der Waals surface area contributed by atoms with Crippen molar-refractivity contribution < 1.29 is 9.53 Å². The molecule has 0 spiro atoms. The number of aldehydes is 1. The highest BCUT2D eigenvalue weighted by molar-refractivity contribution is 6.20. The fraction of sp³-hybridized carbons (Fsp3) is 0.833. The molecule has 0 aromatic heterocycles. The third kappa shape index (κ3) is 4.73. The molecule has 0 fully saturated rings. The number of carbonyl (C=O) groups excluding carboxylic acids is 1. The van der Waals surface area contributed by atoms with Crippen molar-refractivity contribution in [3.05, 3.63) is 0 Å². The molecule has 3 nitrogen and oxygen atoms in total. The Kier molecular flexibility index (Phi) is 5.58. The molecule has 0 bridgehead atoms. The number of halogens is 1. The van der Waals surface area contributed by atoms with Crippen LogP contribution < -0.4 is 5.32 Å². The molecule has 4 heteroatoms. The Morgan fingerprint density at radius 2 is 2.40 bits per heavy atom. The molecule has 0 amide bonds. The van der Waals surface area contributed by atoms with Crippen LogP contribution in [-0.4, -0.2) is 31.5 Å². The summed E-state index contributed by atoms with van der Waals surface area (Å²) in [5.74, 6) is 0. The topological polar surface area (TPSA) is 38.3 Å². The first-order valence-corrected chi connectivity index (χ1v) is 3.48. The molecular weight excluding hydrogens is 154 g/mol. The molecule has 0 saturated heterocycles. The molecule has 0 saturated carbocycles. The molecule has 0 aromatic rings. The van der Waals surface area contributed by atoms with Gasteiger partial charge >= 0.3 is 0 Å². The molecular formula is C6H12ClNO2. The minimum atomic E-state index is -0.294. The van der Waals surface area contributed by atoms with E-state index in [1.165, 1.54) is 7.11 Å². The second-order valence-electron chi connectivity index (χ2n) is 1.98. The fourth-order valence-electron chi connectivity index (χ4n) is 0.601. The first kappa shape index (κ1) is 9.88. The van der Waals surface area contributed by atoms with Crippen molar-refractivity contribution in [2.75, 3.05) is 13.7 Å². The van der Waals surface area contributed by atoms with Crippen molar-refractivity contribution in [2.45, 2.75) is 18.5 Å². The van der Waals surface area contributed by atoms with Gasteiger partial charge < -0.3 is 9.53 Å². The van der Waals surface area contributed by atoms with E-state index in [0.717, 1.165) is 6.29 Å². The summed E-state index contributed by atoms with van der Waals surface area (Å²) >= 11 is 5.56. The van der Waals surface area contributed by atoms with Crippen molar-refractivity contribution in [3.8, 4) is 0 Å². The second-order valence-corrected chi connectivity index (χ2v) is 2.64. The molecule has 60 valence electrons. The lowest BCUT2D eigenvalue weighted by atomic mass is 10.3. The van der Waals surface area contributed by atoms with E-state index >= 15 is 0 Å². The van der Waals surface area contributed by atoms with Crippen molar-refractivity contribution in [1.82, 2.24) is 5.32 Å². The van der Waals surface area contributed by atoms with Crippen LogP contribution in [0, 0.1) is 0 Å². The van der Waals surface area contributed by atoms with Gasteiger partial charge in [-0.3, -0.25) is 5.32 Å². The molecule has 0 aliphatic heterocycles. The molecule has 2 unspecified atom stereocenters. The van der Waals surface area contributed by atoms with Gasteiger partial charge in [-0.2, -0.15) is 0 Å². The largest absolute Gasteiger partial charge is 0.383 e. The highest BCUT2D eigenvalue weighted by Crippen LogP contribution is 1.90.